The summed E-state index contributed by atoms with van der Waals surface area (Å²) < 4.78 is 51.3. The van der Waals surface area contributed by atoms with E-state index in [1.165, 1.54) is 38.4 Å². The van der Waals surface area contributed by atoms with Crippen molar-refractivity contribution in [3.8, 4) is 6.07 Å². The maximum absolute atomic E-state index is 11.8. The summed E-state index contributed by atoms with van der Waals surface area (Å²) in [4.78, 5) is 0. The van der Waals surface area contributed by atoms with E-state index in [-0.39, 0.29) is 13.1 Å². The van der Waals surface area contributed by atoms with Gasteiger partial charge in [-0.15, -0.1) is 0 Å². The Balaban J connectivity index is 2.90. The first-order valence-corrected chi connectivity index (χ1v) is 9.52. The van der Waals surface area contributed by atoms with Gasteiger partial charge in [0.15, 0.2) is 0 Å². The third kappa shape index (κ3) is 4.96. The summed E-state index contributed by atoms with van der Waals surface area (Å²) in [5.41, 5.74) is 0.774. The lowest BCUT2D eigenvalue weighted by molar-refractivity contribution is 0.506. The molecule has 1 rings (SSSR count). The zero-order valence-corrected chi connectivity index (χ0v) is 14.1. The van der Waals surface area contributed by atoms with Crippen molar-refractivity contribution < 1.29 is 16.8 Å². The van der Waals surface area contributed by atoms with Gasteiger partial charge in [-0.25, -0.2) is 13.1 Å². The number of benzene rings is 1. The Morgan fingerprint density at radius 3 is 2.09 bits per heavy atom. The van der Waals surface area contributed by atoms with Gasteiger partial charge >= 0.3 is 0 Å². The summed E-state index contributed by atoms with van der Waals surface area (Å²) in [7, 11) is -4.44. The van der Waals surface area contributed by atoms with Crippen molar-refractivity contribution in [2.75, 3.05) is 37.7 Å². The first-order chi connectivity index (χ1) is 10.1. The maximum Gasteiger partial charge on any atom is 0.278 e. The number of nitrogens with zero attached hydrogens (tertiary/aromatic N) is 3. The highest BCUT2D eigenvalue weighted by molar-refractivity contribution is 7.92. The zero-order valence-electron chi connectivity index (χ0n) is 12.5. The minimum atomic E-state index is -3.61. The van der Waals surface area contributed by atoms with Crippen molar-refractivity contribution in [1.29, 1.82) is 5.26 Å². The van der Waals surface area contributed by atoms with Crippen LogP contribution in [0.4, 0.5) is 5.69 Å². The first-order valence-electron chi connectivity index (χ1n) is 6.23. The summed E-state index contributed by atoms with van der Waals surface area (Å²) in [5.74, 6) is 0. The highest BCUT2D eigenvalue weighted by Crippen LogP contribution is 2.17. The predicted octanol–water partition coefficient (Wildman–Crippen LogP) is -0.280. The van der Waals surface area contributed by atoms with E-state index in [2.05, 4.69) is 4.72 Å². The van der Waals surface area contributed by atoms with Gasteiger partial charge in [0, 0.05) is 27.2 Å². The molecule has 10 heteroatoms. The second-order valence-electron chi connectivity index (χ2n) is 4.68. The fourth-order valence-electron chi connectivity index (χ4n) is 1.59. The van der Waals surface area contributed by atoms with Crippen LogP contribution in [0.5, 0.6) is 0 Å². The van der Waals surface area contributed by atoms with E-state index >= 15 is 0 Å². The Hall–Kier alpha value is -1.67. The van der Waals surface area contributed by atoms with E-state index in [0.717, 1.165) is 14.9 Å². The van der Waals surface area contributed by atoms with Crippen LogP contribution in [0.3, 0.4) is 0 Å². The van der Waals surface area contributed by atoms with Crippen LogP contribution in [0.1, 0.15) is 5.56 Å². The van der Waals surface area contributed by atoms with E-state index in [0.29, 0.717) is 11.3 Å². The molecule has 0 heterocycles. The molecule has 0 bridgehead atoms. The van der Waals surface area contributed by atoms with E-state index in [1.807, 2.05) is 6.07 Å². The molecule has 0 aliphatic heterocycles. The van der Waals surface area contributed by atoms with Crippen molar-refractivity contribution in [3.63, 3.8) is 0 Å². The van der Waals surface area contributed by atoms with E-state index in [4.69, 9.17) is 5.26 Å². The van der Waals surface area contributed by atoms with Gasteiger partial charge in [-0.3, -0.25) is 4.31 Å². The lowest BCUT2D eigenvalue weighted by atomic mass is 10.2. The summed E-state index contributed by atoms with van der Waals surface area (Å²) >= 11 is 0. The topological polar surface area (TPSA) is 111 Å². The molecule has 122 valence electrons. The van der Waals surface area contributed by atoms with Gasteiger partial charge < -0.3 is 0 Å². The second-order valence-corrected chi connectivity index (χ2v) is 8.55. The van der Waals surface area contributed by atoms with Crippen molar-refractivity contribution >= 4 is 25.9 Å². The molecule has 1 aromatic rings. The average molecular weight is 346 g/mol. The van der Waals surface area contributed by atoms with Crippen molar-refractivity contribution in [2.24, 2.45) is 0 Å². The smallest absolute Gasteiger partial charge is 0.269 e. The molecule has 0 fully saturated rings. The van der Waals surface area contributed by atoms with Crippen LogP contribution in [-0.4, -0.2) is 54.6 Å². The normalized spacial score (nSPS) is 12.1. The van der Waals surface area contributed by atoms with Crippen molar-refractivity contribution in [2.45, 2.75) is 0 Å². The fourth-order valence-corrected chi connectivity index (χ4v) is 3.13. The van der Waals surface area contributed by atoms with Crippen LogP contribution in [0.15, 0.2) is 24.3 Å². The number of anilines is 1. The van der Waals surface area contributed by atoms with Crippen molar-refractivity contribution in [1.82, 2.24) is 9.03 Å². The Labute approximate surface area is 131 Å². The number of sulfonamides is 1. The Morgan fingerprint density at radius 2 is 1.68 bits per heavy atom. The Kier molecular flexibility index (Phi) is 5.90. The molecular formula is C12H18N4O4S2. The average Bonchev–Trinajstić information content (AvgIpc) is 2.42. The Morgan fingerprint density at radius 1 is 1.14 bits per heavy atom. The fraction of sp³-hybridized carbons (Fsp3) is 0.417. The maximum atomic E-state index is 11.8. The first kappa shape index (κ1) is 18.4. The third-order valence-corrected chi connectivity index (χ3v) is 5.49. The van der Waals surface area contributed by atoms with Crippen molar-refractivity contribution in [3.05, 3.63) is 29.8 Å². The minimum Gasteiger partial charge on any atom is -0.269 e. The van der Waals surface area contributed by atoms with Crippen LogP contribution in [0.25, 0.3) is 0 Å². The standard InChI is InChI=1S/C12H18N4O4S2/c1-15(2)22(19,20)14-8-9-16(21(3,17)18)12-6-4-11(10-13)5-7-12/h4-7,14H,8-9H2,1-3H3. The Bertz CT molecular complexity index is 749. The summed E-state index contributed by atoms with van der Waals surface area (Å²) in [6.07, 6.45) is 1.03. The quantitative estimate of drug-likeness (QED) is 0.730. The van der Waals surface area contributed by atoms with Crippen LogP contribution in [0, 0.1) is 11.3 Å². The molecule has 0 aromatic heterocycles. The zero-order chi connectivity index (χ0) is 17.0. The van der Waals surface area contributed by atoms with Crippen LogP contribution in [-0.2, 0) is 20.2 Å². The second kappa shape index (κ2) is 7.06. The predicted molar refractivity (Wildman–Crippen MR) is 84.0 cm³/mol. The van der Waals surface area contributed by atoms with Gasteiger partial charge in [-0.2, -0.15) is 18.0 Å². The highest BCUT2D eigenvalue weighted by atomic mass is 32.2. The molecule has 0 atom stereocenters. The number of rotatable bonds is 7. The van der Waals surface area contributed by atoms with Gasteiger partial charge in [0.25, 0.3) is 10.2 Å². The van der Waals surface area contributed by atoms with Gasteiger partial charge in [-0.05, 0) is 24.3 Å². The molecule has 0 amide bonds. The largest absolute Gasteiger partial charge is 0.278 e. The molecule has 1 N–H and O–H groups in total. The SMILES string of the molecule is CN(C)S(=O)(=O)NCCN(c1ccc(C#N)cc1)S(C)(=O)=O. The van der Waals surface area contributed by atoms with E-state index in [9.17, 15) is 16.8 Å². The molecule has 1 aromatic carbocycles. The lowest BCUT2D eigenvalue weighted by Crippen LogP contribution is -2.42. The monoisotopic (exact) mass is 346 g/mol. The van der Waals surface area contributed by atoms with E-state index < -0.39 is 20.2 Å². The number of hydrogen-bond donors (Lipinski definition) is 1. The van der Waals surface area contributed by atoms with Gasteiger partial charge in [0.2, 0.25) is 10.0 Å². The summed E-state index contributed by atoms with van der Waals surface area (Å²) in [5, 5.41) is 8.75. The molecule has 0 radical (unpaired) electrons. The number of hydrogen-bond acceptors (Lipinski definition) is 5. The molecule has 0 aliphatic carbocycles. The molecule has 0 saturated carbocycles. The van der Waals surface area contributed by atoms with Gasteiger partial charge in [-0.1, -0.05) is 0 Å². The number of nitrogens with one attached hydrogen (secondary N) is 1. The summed E-state index contributed by atoms with van der Waals surface area (Å²) in [6.45, 7) is -0.134. The molecule has 8 nitrogen and oxygen atoms in total. The molecule has 22 heavy (non-hydrogen) atoms. The molecular weight excluding hydrogens is 328 g/mol. The molecule has 0 aliphatic rings. The van der Waals surface area contributed by atoms with Gasteiger partial charge in [0.05, 0.1) is 23.6 Å². The molecule has 0 spiro atoms. The molecule has 0 saturated heterocycles. The van der Waals surface area contributed by atoms with E-state index in [1.54, 1.807) is 0 Å². The van der Waals surface area contributed by atoms with Gasteiger partial charge in [0.1, 0.15) is 0 Å². The van der Waals surface area contributed by atoms with Crippen LogP contribution in [0.2, 0.25) is 0 Å². The molecule has 0 unspecified atom stereocenters. The minimum absolute atomic E-state index is 0.0577. The van der Waals surface area contributed by atoms with Crippen LogP contribution >= 0.6 is 0 Å². The lowest BCUT2D eigenvalue weighted by Gasteiger charge is -2.23. The summed E-state index contributed by atoms with van der Waals surface area (Å²) in [6, 6.07) is 7.94. The third-order valence-electron chi connectivity index (χ3n) is 2.76. The number of nitriles is 1. The highest BCUT2D eigenvalue weighted by Gasteiger charge is 2.19. The van der Waals surface area contributed by atoms with Crippen LogP contribution < -0.4 is 9.03 Å².